The van der Waals surface area contributed by atoms with Crippen molar-refractivity contribution in [2.45, 2.75) is 57.5 Å². The first-order chi connectivity index (χ1) is 10.0. The van der Waals surface area contributed by atoms with Gasteiger partial charge in [-0.15, -0.1) is 0 Å². The molecule has 0 spiro atoms. The van der Waals surface area contributed by atoms with Gasteiger partial charge in [0.1, 0.15) is 0 Å². The molecule has 1 aliphatic rings. The smallest absolute Gasteiger partial charge is 0.0739 e. The molecule has 3 atom stereocenters. The molecule has 0 saturated carbocycles. The SMILES string of the molecule is CC1CCCC(C)N1CCC(C#N)c1ccc(Cl)cc1Cl. The van der Waals surface area contributed by atoms with E-state index in [9.17, 15) is 5.26 Å². The van der Waals surface area contributed by atoms with Crippen LogP contribution in [-0.2, 0) is 0 Å². The van der Waals surface area contributed by atoms with E-state index >= 15 is 0 Å². The van der Waals surface area contributed by atoms with E-state index in [1.54, 1.807) is 12.1 Å². The fraction of sp³-hybridized carbons (Fsp3) is 0.588. The summed E-state index contributed by atoms with van der Waals surface area (Å²) in [7, 11) is 0. The van der Waals surface area contributed by atoms with Crippen LogP contribution in [0.25, 0.3) is 0 Å². The van der Waals surface area contributed by atoms with Gasteiger partial charge in [0.25, 0.3) is 0 Å². The Labute approximate surface area is 137 Å². The lowest BCUT2D eigenvalue weighted by Gasteiger charge is -2.39. The molecule has 0 amide bonds. The highest BCUT2D eigenvalue weighted by Gasteiger charge is 2.25. The van der Waals surface area contributed by atoms with Crippen LogP contribution in [-0.4, -0.2) is 23.5 Å². The second-order valence-electron chi connectivity index (χ2n) is 6.00. The predicted molar refractivity (Wildman–Crippen MR) is 88.9 cm³/mol. The molecule has 2 rings (SSSR count). The first-order valence-corrected chi connectivity index (χ1v) is 8.38. The number of nitrogens with zero attached hydrogens (tertiary/aromatic N) is 2. The molecule has 0 N–H and O–H groups in total. The molecule has 1 aromatic rings. The molecule has 0 bridgehead atoms. The molecule has 2 nitrogen and oxygen atoms in total. The summed E-state index contributed by atoms with van der Waals surface area (Å²) in [4.78, 5) is 2.53. The van der Waals surface area contributed by atoms with Crippen molar-refractivity contribution in [3.63, 3.8) is 0 Å². The lowest BCUT2D eigenvalue weighted by Crippen LogP contribution is -2.44. The molecule has 0 aliphatic carbocycles. The minimum Gasteiger partial charge on any atom is -0.298 e. The Bertz CT molecular complexity index is 514. The molecule has 0 radical (unpaired) electrons. The van der Waals surface area contributed by atoms with Gasteiger partial charge in [-0.1, -0.05) is 35.7 Å². The van der Waals surface area contributed by atoms with Crippen LogP contribution < -0.4 is 0 Å². The van der Waals surface area contributed by atoms with E-state index in [1.165, 1.54) is 19.3 Å². The third-order valence-electron chi connectivity index (χ3n) is 4.55. The van der Waals surface area contributed by atoms with Crippen LogP contribution in [0.5, 0.6) is 0 Å². The molecule has 4 heteroatoms. The van der Waals surface area contributed by atoms with Gasteiger partial charge in [-0.05, 0) is 50.8 Å². The summed E-state index contributed by atoms with van der Waals surface area (Å²) in [5.41, 5.74) is 0.890. The Morgan fingerprint density at radius 3 is 2.52 bits per heavy atom. The summed E-state index contributed by atoms with van der Waals surface area (Å²) >= 11 is 12.2. The molecular formula is C17H22Cl2N2. The van der Waals surface area contributed by atoms with E-state index in [1.807, 2.05) is 6.07 Å². The van der Waals surface area contributed by atoms with Gasteiger partial charge in [0.2, 0.25) is 0 Å². The summed E-state index contributed by atoms with van der Waals surface area (Å²) in [6.07, 6.45) is 4.63. The van der Waals surface area contributed by atoms with Gasteiger partial charge in [-0.25, -0.2) is 0 Å². The minimum absolute atomic E-state index is 0.170. The van der Waals surface area contributed by atoms with Crippen LogP contribution in [0.2, 0.25) is 10.0 Å². The quantitative estimate of drug-likeness (QED) is 0.755. The van der Waals surface area contributed by atoms with Crippen LogP contribution >= 0.6 is 23.2 Å². The number of piperidine rings is 1. The van der Waals surface area contributed by atoms with Gasteiger partial charge < -0.3 is 0 Å². The number of likely N-dealkylation sites (tertiary alicyclic amines) is 1. The maximum atomic E-state index is 9.47. The third kappa shape index (κ3) is 4.13. The summed E-state index contributed by atoms with van der Waals surface area (Å²) in [6, 6.07) is 9.00. The Kier molecular flexibility index (Phi) is 5.93. The van der Waals surface area contributed by atoms with Crippen molar-refractivity contribution < 1.29 is 0 Å². The topological polar surface area (TPSA) is 27.0 Å². The Morgan fingerprint density at radius 1 is 1.29 bits per heavy atom. The molecule has 1 heterocycles. The Morgan fingerprint density at radius 2 is 1.95 bits per heavy atom. The molecule has 1 aliphatic heterocycles. The second kappa shape index (κ2) is 7.49. The van der Waals surface area contributed by atoms with Gasteiger partial charge in [0.15, 0.2) is 0 Å². The van der Waals surface area contributed by atoms with Crippen LogP contribution in [0.3, 0.4) is 0 Å². The van der Waals surface area contributed by atoms with Gasteiger partial charge in [-0.3, -0.25) is 4.90 Å². The maximum absolute atomic E-state index is 9.47. The number of nitriles is 1. The zero-order valence-electron chi connectivity index (χ0n) is 12.6. The monoisotopic (exact) mass is 324 g/mol. The van der Waals surface area contributed by atoms with Crippen LogP contribution in [0, 0.1) is 11.3 Å². The number of rotatable bonds is 4. The van der Waals surface area contributed by atoms with E-state index < -0.39 is 0 Å². The predicted octanol–water partition coefficient (Wildman–Crippen LogP) is 5.25. The van der Waals surface area contributed by atoms with E-state index in [2.05, 4.69) is 24.8 Å². The van der Waals surface area contributed by atoms with Crippen LogP contribution in [0.4, 0.5) is 0 Å². The first-order valence-electron chi connectivity index (χ1n) is 7.63. The highest BCUT2D eigenvalue weighted by atomic mass is 35.5. The van der Waals surface area contributed by atoms with Crippen LogP contribution in [0.15, 0.2) is 18.2 Å². The molecule has 1 fully saturated rings. The lowest BCUT2D eigenvalue weighted by molar-refractivity contribution is 0.101. The Balaban J connectivity index is 2.04. The van der Waals surface area contributed by atoms with Crippen LogP contribution in [0.1, 0.15) is 51.0 Å². The number of halogens is 2. The molecule has 1 aromatic carbocycles. The van der Waals surface area contributed by atoms with E-state index in [-0.39, 0.29) is 5.92 Å². The van der Waals surface area contributed by atoms with Gasteiger partial charge >= 0.3 is 0 Å². The molecule has 3 unspecified atom stereocenters. The van der Waals surface area contributed by atoms with E-state index in [0.717, 1.165) is 18.5 Å². The zero-order chi connectivity index (χ0) is 15.4. The average Bonchev–Trinajstić information content (AvgIpc) is 2.43. The van der Waals surface area contributed by atoms with Crippen molar-refractivity contribution in [2.24, 2.45) is 0 Å². The summed E-state index contributed by atoms with van der Waals surface area (Å²) < 4.78 is 0. The molecular weight excluding hydrogens is 303 g/mol. The third-order valence-corrected chi connectivity index (χ3v) is 5.11. The van der Waals surface area contributed by atoms with Crippen molar-refractivity contribution >= 4 is 23.2 Å². The second-order valence-corrected chi connectivity index (χ2v) is 6.85. The molecule has 21 heavy (non-hydrogen) atoms. The molecule has 114 valence electrons. The van der Waals surface area contributed by atoms with Gasteiger partial charge in [-0.2, -0.15) is 5.26 Å². The highest BCUT2D eigenvalue weighted by molar-refractivity contribution is 6.35. The summed E-state index contributed by atoms with van der Waals surface area (Å²) in [5.74, 6) is -0.170. The lowest BCUT2D eigenvalue weighted by atomic mass is 9.93. The largest absolute Gasteiger partial charge is 0.298 e. The fourth-order valence-electron chi connectivity index (χ4n) is 3.27. The summed E-state index contributed by atoms with van der Waals surface area (Å²) in [6.45, 7) is 5.51. The average molecular weight is 325 g/mol. The molecule has 0 aromatic heterocycles. The normalized spacial score (nSPS) is 24.5. The number of benzene rings is 1. The van der Waals surface area contributed by atoms with Crippen molar-refractivity contribution in [3.05, 3.63) is 33.8 Å². The van der Waals surface area contributed by atoms with Gasteiger partial charge in [0.05, 0.1) is 12.0 Å². The van der Waals surface area contributed by atoms with Crippen molar-refractivity contribution in [3.8, 4) is 6.07 Å². The number of hydrogen-bond acceptors (Lipinski definition) is 2. The van der Waals surface area contributed by atoms with E-state index in [0.29, 0.717) is 22.1 Å². The van der Waals surface area contributed by atoms with Crippen molar-refractivity contribution in [1.82, 2.24) is 4.90 Å². The summed E-state index contributed by atoms with van der Waals surface area (Å²) in [5, 5.41) is 10.7. The first kappa shape index (κ1) is 16.6. The zero-order valence-corrected chi connectivity index (χ0v) is 14.2. The standard InChI is InChI=1S/C17H22Cl2N2/c1-12-4-3-5-13(2)21(12)9-8-14(11-20)16-7-6-15(18)10-17(16)19/h6-7,10,12-14H,3-5,8-9H2,1-2H3. The van der Waals surface area contributed by atoms with E-state index in [4.69, 9.17) is 23.2 Å². The maximum Gasteiger partial charge on any atom is 0.0739 e. The van der Waals surface area contributed by atoms with Gasteiger partial charge in [0, 0.05) is 28.7 Å². The van der Waals surface area contributed by atoms with Crippen molar-refractivity contribution in [1.29, 1.82) is 5.26 Å². The minimum atomic E-state index is -0.170. The fourth-order valence-corrected chi connectivity index (χ4v) is 3.81. The number of hydrogen-bond donors (Lipinski definition) is 0. The highest BCUT2D eigenvalue weighted by Crippen LogP contribution is 2.31. The van der Waals surface area contributed by atoms with Crippen molar-refractivity contribution in [2.75, 3.05) is 6.54 Å². The Hall–Kier alpha value is -0.750. The molecule has 1 saturated heterocycles.